The summed E-state index contributed by atoms with van der Waals surface area (Å²) >= 11 is 1.51. The van der Waals surface area contributed by atoms with Gasteiger partial charge in [-0.1, -0.05) is 0 Å². The molecule has 1 heterocycles. The first kappa shape index (κ1) is 9.32. The van der Waals surface area contributed by atoms with E-state index in [1.54, 1.807) is 18.5 Å². The van der Waals surface area contributed by atoms with Gasteiger partial charge in [0.1, 0.15) is 10.9 Å². The van der Waals surface area contributed by atoms with Crippen LogP contribution in [0.4, 0.5) is 0 Å². The Bertz CT molecular complexity index is 357. The Hall–Kier alpha value is -0.770. The summed E-state index contributed by atoms with van der Waals surface area (Å²) in [6.07, 6.45) is 1.92. The Balaban J connectivity index is 3.50. The van der Waals surface area contributed by atoms with Crippen molar-refractivity contribution < 1.29 is 0 Å². The van der Waals surface area contributed by atoms with Gasteiger partial charge in [0.2, 0.25) is 0 Å². The third-order valence-electron chi connectivity index (χ3n) is 1.89. The molecular weight excluding hydrogens is 172 g/mol. The molecule has 0 aliphatic carbocycles. The SMILES string of the molecule is CSc1nc(C)n(C)c(=O)c1C. The Morgan fingerprint density at radius 1 is 1.42 bits per heavy atom. The molecule has 0 radical (unpaired) electrons. The molecule has 0 aromatic carbocycles. The van der Waals surface area contributed by atoms with Crippen molar-refractivity contribution in [3.63, 3.8) is 0 Å². The van der Waals surface area contributed by atoms with Gasteiger partial charge in [0.05, 0.1) is 0 Å². The fourth-order valence-electron chi connectivity index (χ4n) is 0.995. The minimum absolute atomic E-state index is 0.0480. The highest BCUT2D eigenvalue weighted by Gasteiger charge is 2.06. The van der Waals surface area contributed by atoms with Gasteiger partial charge in [-0.05, 0) is 20.1 Å². The lowest BCUT2D eigenvalue weighted by Gasteiger charge is -2.06. The van der Waals surface area contributed by atoms with Crippen LogP contribution in [-0.4, -0.2) is 15.8 Å². The molecule has 0 N–H and O–H groups in total. The van der Waals surface area contributed by atoms with Crippen LogP contribution in [0.15, 0.2) is 9.82 Å². The van der Waals surface area contributed by atoms with E-state index in [0.717, 1.165) is 16.4 Å². The van der Waals surface area contributed by atoms with Crippen LogP contribution in [0.1, 0.15) is 11.4 Å². The van der Waals surface area contributed by atoms with E-state index >= 15 is 0 Å². The molecule has 1 aromatic rings. The summed E-state index contributed by atoms with van der Waals surface area (Å²) in [4.78, 5) is 15.8. The van der Waals surface area contributed by atoms with Crippen molar-refractivity contribution in [2.24, 2.45) is 7.05 Å². The Kier molecular flexibility index (Phi) is 2.57. The molecule has 0 saturated heterocycles. The van der Waals surface area contributed by atoms with Crippen LogP contribution >= 0.6 is 11.8 Å². The second-order valence-electron chi connectivity index (χ2n) is 2.66. The van der Waals surface area contributed by atoms with E-state index in [9.17, 15) is 4.79 Å². The van der Waals surface area contributed by atoms with Gasteiger partial charge in [-0.25, -0.2) is 4.98 Å². The molecule has 0 bridgehead atoms. The molecule has 0 saturated carbocycles. The summed E-state index contributed by atoms with van der Waals surface area (Å²) in [5, 5.41) is 0.829. The fourth-order valence-corrected chi connectivity index (χ4v) is 1.61. The first-order valence-corrected chi connectivity index (χ1v) is 4.88. The van der Waals surface area contributed by atoms with Crippen LogP contribution in [-0.2, 0) is 7.05 Å². The Morgan fingerprint density at radius 2 is 2.00 bits per heavy atom. The zero-order valence-electron chi connectivity index (χ0n) is 7.71. The average molecular weight is 184 g/mol. The summed E-state index contributed by atoms with van der Waals surface area (Å²) in [7, 11) is 1.74. The van der Waals surface area contributed by atoms with Gasteiger partial charge in [0, 0.05) is 12.6 Å². The van der Waals surface area contributed by atoms with Crippen molar-refractivity contribution in [1.82, 2.24) is 9.55 Å². The zero-order valence-corrected chi connectivity index (χ0v) is 8.53. The maximum absolute atomic E-state index is 11.5. The summed E-state index contributed by atoms with van der Waals surface area (Å²) in [6, 6.07) is 0. The first-order chi connectivity index (χ1) is 5.57. The van der Waals surface area contributed by atoms with Crippen LogP contribution in [0.25, 0.3) is 0 Å². The number of hydrogen-bond donors (Lipinski definition) is 0. The molecule has 12 heavy (non-hydrogen) atoms. The fraction of sp³-hybridized carbons (Fsp3) is 0.500. The molecule has 0 spiro atoms. The highest BCUT2D eigenvalue weighted by molar-refractivity contribution is 7.98. The third-order valence-corrected chi connectivity index (χ3v) is 2.67. The molecule has 66 valence electrons. The van der Waals surface area contributed by atoms with Crippen molar-refractivity contribution in [2.45, 2.75) is 18.9 Å². The predicted molar refractivity (Wildman–Crippen MR) is 50.7 cm³/mol. The van der Waals surface area contributed by atoms with Gasteiger partial charge < -0.3 is 0 Å². The lowest BCUT2D eigenvalue weighted by molar-refractivity contribution is 0.735. The van der Waals surface area contributed by atoms with Crippen molar-refractivity contribution in [2.75, 3.05) is 6.26 Å². The summed E-state index contributed by atoms with van der Waals surface area (Å²) < 4.78 is 1.56. The van der Waals surface area contributed by atoms with Gasteiger partial charge in [0.25, 0.3) is 5.56 Å². The number of thioether (sulfide) groups is 1. The Morgan fingerprint density at radius 3 is 2.50 bits per heavy atom. The molecule has 0 fully saturated rings. The summed E-state index contributed by atoms with van der Waals surface area (Å²) in [5.41, 5.74) is 0.780. The molecule has 0 aliphatic heterocycles. The first-order valence-electron chi connectivity index (χ1n) is 3.66. The van der Waals surface area contributed by atoms with Crippen LogP contribution < -0.4 is 5.56 Å². The average Bonchev–Trinajstić information content (AvgIpc) is 2.08. The van der Waals surface area contributed by atoms with E-state index in [1.165, 1.54) is 11.8 Å². The predicted octanol–water partition coefficient (Wildman–Crippen LogP) is 1.12. The van der Waals surface area contributed by atoms with Gasteiger partial charge in [-0.15, -0.1) is 11.8 Å². The van der Waals surface area contributed by atoms with Gasteiger partial charge in [0.15, 0.2) is 0 Å². The van der Waals surface area contributed by atoms with Gasteiger partial charge in [-0.3, -0.25) is 9.36 Å². The maximum atomic E-state index is 11.5. The minimum atomic E-state index is 0.0480. The van der Waals surface area contributed by atoms with E-state index in [4.69, 9.17) is 0 Å². The molecule has 4 heteroatoms. The summed E-state index contributed by atoms with van der Waals surface area (Å²) in [5.74, 6) is 0.759. The maximum Gasteiger partial charge on any atom is 0.257 e. The van der Waals surface area contributed by atoms with E-state index < -0.39 is 0 Å². The molecule has 0 unspecified atom stereocenters. The zero-order chi connectivity index (χ0) is 9.30. The van der Waals surface area contributed by atoms with Crippen molar-refractivity contribution in [1.29, 1.82) is 0 Å². The second-order valence-corrected chi connectivity index (χ2v) is 3.45. The monoisotopic (exact) mass is 184 g/mol. The quantitative estimate of drug-likeness (QED) is 0.484. The van der Waals surface area contributed by atoms with Crippen molar-refractivity contribution >= 4 is 11.8 Å². The van der Waals surface area contributed by atoms with Crippen molar-refractivity contribution in [3.05, 3.63) is 21.7 Å². The van der Waals surface area contributed by atoms with E-state index in [2.05, 4.69) is 4.98 Å². The third kappa shape index (κ3) is 1.39. The second kappa shape index (κ2) is 3.31. The number of rotatable bonds is 1. The van der Waals surface area contributed by atoms with E-state index in [1.807, 2.05) is 13.2 Å². The number of hydrogen-bond acceptors (Lipinski definition) is 3. The van der Waals surface area contributed by atoms with E-state index in [0.29, 0.717) is 0 Å². The van der Waals surface area contributed by atoms with Gasteiger partial charge in [-0.2, -0.15) is 0 Å². The highest BCUT2D eigenvalue weighted by atomic mass is 32.2. The molecule has 1 aromatic heterocycles. The molecule has 3 nitrogen and oxygen atoms in total. The smallest absolute Gasteiger partial charge is 0.257 e. The molecule has 0 amide bonds. The number of aryl methyl sites for hydroxylation is 1. The van der Waals surface area contributed by atoms with Crippen molar-refractivity contribution in [3.8, 4) is 0 Å². The highest BCUT2D eigenvalue weighted by Crippen LogP contribution is 2.13. The number of aromatic nitrogens is 2. The minimum Gasteiger partial charge on any atom is -0.300 e. The Labute approximate surface area is 75.8 Å². The van der Waals surface area contributed by atoms with Crippen LogP contribution in [0, 0.1) is 13.8 Å². The molecule has 1 rings (SSSR count). The lowest BCUT2D eigenvalue weighted by atomic mass is 10.4. The van der Waals surface area contributed by atoms with Crippen LogP contribution in [0.3, 0.4) is 0 Å². The molecular formula is C8H12N2OS. The molecule has 0 atom stereocenters. The summed E-state index contributed by atoms with van der Waals surface area (Å²) in [6.45, 7) is 3.64. The van der Waals surface area contributed by atoms with Gasteiger partial charge >= 0.3 is 0 Å². The lowest BCUT2D eigenvalue weighted by Crippen LogP contribution is -2.23. The van der Waals surface area contributed by atoms with Crippen LogP contribution in [0.5, 0.6) is 0 Å². The molecule has 0 aliphatic rings. The largest absolute Gasteiger partial charge is 0.300 e. The van der Waals surface area contributed by atoms with Crippen LogP contribution in [0.2, 0.25) is 0 Å². The standard InChI is InChI=1S/C8H12N2OS/c1-5-7(12-4)9-6(2)10(3)8(5)11/h1-4H3. The normalized spacial score (nSPS) is 10.3. The van der Waals surface area contributed by atoms with E-state index in [-0.39, 0.29) is 5.56 Å². The number of nitrogens with zero attached hydrogens (tertiary/aromatic N) is 2. The topological polar surface area (TPSA) is 34.9 Å².